The number of nitrogens with one attached hydrogen (secondary N) is 2. The first kappa shape index (κ1) is 18.2. The molecule has 0 atom stereocenters. The Bertz CT molecular complexity index is 639. The van der Waals surface area contributed by atoms with Crippen LogP contribution in [0.4, 0.5) is 5.69 Å². The lowest BCUT2D eigenvalue weighted by atomic mass is 10.1. The minimum Gasteiger partial charge on any atom is -0.478 e. The summed E-state index contributed by atoms with van der Waals surface area (Å²) in [6, 6.07) is 4.02. The van der Waals surface area contributed by atoms with Gasteiger partial charge in [0.2, 0.25) is 10.0 Å². The summed E-state index contributed by atoms with van der Waals surface area (Å²) in [5.41, 5.74) is 0.348. The lowest BCUT2D eigenvalue weighted by Gasteiger charge is -2.13. The summed E-state index contributed by atoms with van der Waals surface area (Å²) in [5.74, 6) is -0.684. The summed E-state index contributed by atoms with van der Waals surface area (Å²) in [4.78, 5) is 11.3. The molecular weight excluding hydrogens is 304 g/mol. The van der Waals surface area contributed by atoms with Crippen LogP contribution in [-0.2, 0) is 10.0 Å². The maximum absolute atomic E-state index is 12.0. The van der Waals surface area contributed by atoms with E-state index in [1.54, 1.807) is 0 Å². The number of carboxylic acid groups (broad SMARTS) is 1. The Labute approximate surface area is 131 Å². The van der Waals surface area contributed by atoms with Gasteiger partial charge in [0.15, 0.2) is 0 Å². The van der Waals surface area contributed by atoms with Crippen molar-refractivity contribution >= 4 is 21.7 Å². The lowest BCUT2D eigenvalue weighted by Crippen LogP contribution is -2.24. The molecule has 1 rings (SSSR count). The van der Waals surface area contributed by atoms with E-state index in [0.717, 1.165) is 12.5 Å². The van der Waals surface area contributed by atoms with Gasteiger partial charge in [-0.1, -0.05) is 19.9 Å². The summed E-state index contributed by atoms with van der Waals surface area (Å²) >= 11 is 0. The van der Waals surface area contributed by atoms with Crippen LogP contribution in [-0.4, -0.2) is 32.6 Å². The Morgan fingerprint density at radius 2 is 2.09 bits per heavy atom. The molecule has 0 saturated carbocycles. The van der Waals surface area contributed by atoms with Crippen molar-refractivity contribution in [2.75, 3.05) is 18.4 Å². The molecule has 3 N–H and O–H groups in total. The summed E-state index contributed by atoms with van der Waals surface area (Å²) in [7, 11) is -3.74. The molecule has 7 heteroatoms. The van der Waals surface area contributed by atoms with Gasteiger partial charge in [-0.25, -0.2) is 17.9 Å². The maximum Gasteiger partial charge on any atom is 0.337 e. The smallest absolute Gasteiger partial charge is 0.337 e. The topological polar surface area (TPSA) is 95.5 Å². The molecule has 0 bridgehead atoms. The maximum atomic E-state index is 12.0. The van der Waals surface area contributed by atoms with Crippen molar-refractivity contribution in [2.24, 2.45) is 5.92 Å². The summed E-state index contributed by atoms with van der Waals surface area (Å²) in [6.07, 6.45) is 2.30. The van der Waals surface area contributed by atoms with Crippen LogP contribution in [0.3, 0.4) is 0 Å². The number of carbonyl (C=O) groups is 1. The van der Waals surface area contributed by atoms with E-state index >= 15 is 0 Å². The first-order chi connectivity index (χ1) is 10.3. The van der Waals surface area contributed by atoms with E-state index in [0.29, 0.717) is 18.2 Å². The van der Waals surface area contributed by atoms with E-state index < -0.39 is 16.0 Å². The standard InChI is InChI=1S/C15H22N2O4S/c1-4-8-17-22(20,21)12-5-6-14(13(10-12)15(18)19)16-9-7-11(2)3/h4-6,10-11,16-17H,1,7-9H2,2-3H3,(H,18,19). The van der Waals surface area contributed by atoms with Crippen LogP contribution >= 0.6 is 0 Å². The van der Waals surface area contributed by atoms with Crippen molar-refractivity contribution in [2.45, 2.75) is 25.2 Å². The molecule has 0 aliphatic carbocycles. The van der Waals surface area contributed by atoms with Crippen LogP contribution in [0.25, 0.3) is 0 Å². The number of carboxylic acids is 1. The van der Waals surface area contributed by atoms with Crippen molar-refractivity contribution in [1.82, 2.24) is 4.72 Å². The third kappa shape index (κ3) is 5.16. The lowest BCUT2D eigenvalue weighted by molar-refractivity contribution is 0.0697. The third-order valence-corrected chi connectivity index (χ3v) is 4.41. The number of benzene rings is 1. The molecule has 122 valence electrons. The molecule has 0 aromatic heterocycles. The van der Waals surface area contributed by atoms with Gasteiger partial charge in [0.25, 0.3) is 0 Å². The second kappa shape index (κ2) is 7.95. The number of hydrogen-bond donors (Lipinski definition) is 3. The Morgan fingerprint density at radius 3 is 2.64 bits per heavy atom. The number of sulfonamides is 1. The van der Waals surface area contributed by atoms with Crippen LogP contribution in [0.15, 0.2) is 35.7 Å². The molecule has 0 aliphatic heterocycles. The monoisotopic (exact) mass is 326 g/mol. The van der Waals surface area contributed by atoms with E-state index in [2.05, 4.69) is 30.5 Å². The molecule has 0 fully saturated rings. The average molecular weight is 326 g/mol. The molecule has 1 aromatic rings. The Morgan fingerprint density at radius 1 is 1.41 bits per heavy atom. The van der Waals surface area contributed by atoms with Gasteiger partial charge in [0.1, 0.15) is 0 Å². The van der Waals surface area contributed by atoms with E-state index in [4.69, 9.17) is 0 Å². The van der Waals surface area contributed by atoms with Gasteiger partial charge in [-0.3, -0.25) is 0 Å². The predicted octanol–water partition coefficient (Wildman–Crippen LogP) is 2.31. The van der Waals surface area contributed by atoms with E-state index in [1.807, 2.05) is 0 Å². The zero-order valence-electron chi connectivity index (χ0n) is 12.8. The molecule has 0 aliphatic rings. The van der Waals surface area contributed by atoms with Gasteiger partial charge in [-0.2, -0.15) is 0 Å². The molecule has 22 heavy (non-hydrogen) atoms. The Kier molecular flexibility index (Phi) is 6.58. The predicted molar refractivity (Wildman–Crippen MR) is 86.7 cm³/mol. The van der Waals surface area contributed by atoms with Crippen LogP contribution in [0.1, 0.15) is 30.6 Å². The molecule has 6 nitrogen and oxygen atoms in total. The molecule has 0 unspecified atom stereocenters. The first-order valence-electron chi connectivity index (χ1n) is 6.99. The summed E-state index contributed by atoms with van der Waals surface area (Å²) in [6.45, 7) is 8.28. The van der Waals surface area contributed by atoms with Gasteiger partial charge in [0.05, 0.1) is 10.5 Å². The summed E-state index contributed by atoms with van der Waals surface area (Å²) < 4.78 is 26.3. The van der Waals surface area contributed by atoms with Gasteiger partial charge in [0, 0.05) is 18.8 Å². The molecule has 1 aromatic carbocycles. The zero-order chi connectivity index (χ0) is 16.8. The van der Waals surface area contributed by atoms with Gasteiger partial charge < -0.3 is 10.4 Å². The van der Waals surface area contributed by atoms with Crippen molar-refractivity contribution in [3.63, 3.8) is 0 Å². The number of anilines is 1. The summed E-state index contributed by atoms with van der Waals surface area (Å²) in [5, 5.41) is 12.3. The first-order valence-corrected chi connectivity index (χ1v) is 8.48. The Hall–Kier alpha value is -1.86. The molecule has 0 radical (unpaired) electrons. The normalized spacial score (nSPS) is 11.4. The highest BCUT2D eigenvalue weighted by Gasteiger charge is 2.18. The number of hydrogen-bond acceptors (Lipinski definition) is 4. The molecular formula is C15H22N2O4S. The van der Waals surface area contributed by atoms with Gasteiger partial charge in [-0.05, 0) is 30.5 Å². The highest BCUT2D eigenvalue weighted by molar-refractivity contribution is 7.89. The van der Waals surface area contributed by atoms with E-state index in [9.17, 15) is 18.3 Å². The van der Waals surface area contributed by atoms with Crippen LogP contribution < -0.4 is 10.0 Å². The number of rotatable bonds is 9. The van der Waals surface area contributed by atoms with Gasteiger partial charge >= 0.3 is 5.97 Å². The molecule has 0 saturated heterocycles. The SMILES string of the molecule is C=CCNS(=O)(=O)c1ccc(NCCC(C)C)c(C(=O)O)c1. The van der Waals surface area contributed by atoms with Gasteiger partial charge in [-0.15, -0.1) is 6.58 Å². The fourth-order valence-electron chi connectivity index (χ4n) is 1.77. The fourth-order valence-corrected chi connectivity index (χ4v) is 2.79. The van der Waals surface area contributed by atoms with E-state index in [-0.39, 0.29) is 17.0 Å². The minimum absolute atomic E-state index is 0.0646. The van der Waals surface area contributed by atoms with Crippen molar-refractivity contribution in [3.8, 4) is 0 Å². The molecule has 0 heterocycles. The highest BCUT2D eigenvalue weighted by atomic mass is 32.2. The highest BCUT2D eigenvalue weighted by Crippen LogP contribution is 2.21. The van der Waals surface area contributed by atoms with Crippen LogP contribution in [0, 0.1) is 5.92 Å². The average Bonchev–Trinajstić information content (AvgIpc) is 2.44. The Balaban J connectivity index is 3.04. The fraction of sp³-hybridized carbons (Fsp3) is 0.400. The van der Waals surface area contributed by atoms with Crippen molar-refractivity contribution in [3.05, 3.63) is 36.4 Å². The van der Waals surface area contributed by atoms with E-state index in [1.165, 1.54) is 18.2 Å². The zero-order valence-corrected chi connectivity index (χ0v) is 13.6. The van der Waals surface area contributed by atoms with Crippen molar-refractivity contribution in [1.29, 1.82) is 0 Å². The second-order valence-corrected chi connectivity index (χ2v) is 7.03. The third-order valence-electron chi connectivity index (χ3n) is 2.99. The number of aromatic carboxylic acids is 1. The minimum atomic E-state index is -3.74. The second-order valence-electron chi connectivity index (χ2n) is 5.26. The van der Waals surface area contributed by atoms with Crippen LogP contribution in [0.5, 0.6) is 0 Å². The molecule has 0 amide bonds. The molecule has 0 spiro atoms. The largest absolute Gasteiger partial charge is 0.478 e. The quantitative estimate of drug-likeness (QED) is 0.605. The van der Waals surface area contributed by atoms with Crippen molar-refractivity contribution < 1.29 is 18.3 Å². The van der Waals surface area contributed by atoms with Crippen LogP contribution in [0.2, 0.25) is 0 Å².